The molecule has 0 bridgehead atoms. The maximum atomic E-state index is 11.8. The molecule has 102 valence electrons. The molecule has 5 heteroatoms. The van der Waals surface area contributed by atoms with Gasteiger partial charge in [0.2, 0.25) is 0 Å². The Bertz CT molecular complexity index is 362. The zero-order valence-electron chi connectivity index (χ0n) is 11.7. The van der Waals surface area contributed by atoms with Gasteiger partial charge in [-0.2, -0.15) is 0 Å². The number of hydrogen-bond donors (Lipinski definition) is 1. The van der Waals surface area contributed by atoms with E-state index in [0.717, 1.165) is 25.5 Å². The molecule has 0 aromatic rings. The maximum Gasteiger partial charge on any atom is 0.325 e. The van der Waals surface area contributed by atoms with Gasteiger partial charge in [-0.05, 0) is 20.8 Å². The normalized spacial score (nSPS) is 28.3. The maximum absolute atomic E-state index is 11.8. The number of rotatable bonds is 1. The molecule has 0 aliphatic carbocycles. The molecule has 2 aliphatic heterocycles. The van der Waals surface area contributed by atoms with E-state index in [1.54, 1.807) is 0 Å². The number of piperazine rings is 1. The molecule has 0 aromatic carbocycles. The van der Waals surface area contributed by atoms with Crippen molar-refractivity contribution in [2.45, 2.75) is 38.4 Å². The molecular weight excluding hydrogens is 230 g/mol. The van der Waals surface area contributed by atoms with Crippen LogP contribution in [0.25, 0.3) is 0 Å². The number of methoxy groups -OCH3 is 1. The summed E-state index contributed by atoms with van der Waals surface area (Å²) in [4.78, 5) is 16.3. The van der Waals surface area contributed by atoms with E-state index in [0.29, 0.717) is 0 Å². The summed E-state index contributed by atoms with van der Waals surface area (Å²) in [5.41, 5.74) is 0.0229. The number of hydrogen-bond acceptors (Lipinski definition) is 5. The predicted octanol–water partition coefficient (Wildman–Crippen LogP) is 0.387. The van der Waals surface area contributed by atoms with Gasteiger partial charge in [0.05, 0.1) is 19.0 Å². The van der Waals surface area contributed by atoms with Gasteiger partial charge in [0.15, 0.2) is 0 Å². The molecule has 0 aromatic heterocycles. The van der Waals surface area contributed by atoms with Gasteiger partial charge in [-0.25, -0.2) is 0 Å². The highest BCUT2D eigenvalue weighted by Gasteiger charge is 2.46. The standard InChI is InChI=1S/C13H23N3O2/c1-9-15-7-6-14-11(12(17)18-5)10(15)8-16(9)13(2,3)4/h10-11,14H,1,6-8H2,2-5H3/t10-,11?/m0/s1. The fourth-order valence-corrected chi connectivity index (χ4v) is 2.82. The van der Waals surface area contributed by atoms with E-state index in [1.807, 2.05) is 0 Å². The van der Waals surface area contributed by atoms with E-state index in [-0.39, 0.29) is 23.6 Å². The molecule has 2 saturated heterocycles. The monoisotopic (exact) mass is 253 g/mol. The predicted molar refractivity (Wildman–Crippen MR) is 69.9 cm³/mol. The van der Waals surface area contributed by atoms with Gasteiger partial charge in [-0.1, -0.05) is 6.58 Å². The third kappa shape index (κ3) is 2.07. The first-order valence-electron chi connectivity index (χ1n) is 6.40. The summed E-state index contributed by atoms with van der Waals surface area (Å²) >= 11 is 0. The molecular formula is C13H23N3O2. The van der Waals surface area contributed by atoms with Crippen LogP contribution in [-0.4, -0.2) is 60.1 Å². The molecule has 0 spiro atoms. The minimum Gasteiger partial charge on any atom is -0.468 e. The van der Waals surface area contributed by atoms with E-state index in [4.69, 9.17) is 4.74 Å². The highest BCUT2D eigenvalue weighted by atomic mass is 16.5. The second-order valence-electron chi connectivity index (χ2n) is 5.91. The number of carbonyl (C=O) groups is 1. The van der Waals surface area contributed by atoms with E-state index >= 15 is 0 Å². The quantitative estimate of drug-likeness (QED) is 0.685. The van der Waals surface area contributed by atoms with Crippen LogP contribution in [0.3, 0.4) is 0 Å². The highest BCUT2D eigenvalue weighted by molar-refractivity contribution is 5.77. The summed E-state index contributed by atoms with van der Waals surface area (Å²) in [6.07, 6.45) is 0. The summed E-state index contributed by atoms with van der Waals surface area (Å²) in [6, 6.07) is -0.134. The summed E-state index contributed by atoms with van der Waals surface area (Å²) in [5.74, 6) is 0.830. The van der Waals surface area contributed by atoms with Gasteiger partial charge >= 0.3 is 5.97 Å². The second kappa shape index (κ2) is 4.46. The van der Waals surface area contributed by atoms with Crippen LogP contribution >= 0.6 is 0 Å². The first-order chi connectivity index (χ1) is 8.36. The number of nitrogens with zero attached hydrogens (tertiary/aromatic N) is 2. The highest BCUT2D eigenvalue weighted by Crippen LogP contribution is 2.32. The Morgan fingerprint density at radius 2 is 2.17 bits per heavy atom. The lowest BCUT2D eigenvalue weighted by Crippen LogP contribution is -2.59. The van der Waals surface area contributed by atoms with E-state index in [2.05, 4.69) is 42.5 Å². The average Bonchev–Trinajstić information content (AvgIpc) is 2.66. The molecule has 0 amide bonds. The number of esters is 1. The summed E-state index contributed by atoms with van der Waals surface area (Å²) < 4.78 is 4.88. The van der Waals surface area contributed by atoms with Crippen molar-refractivity contribution >= 4 is 5.97 Å². The lowest BCUT2D eigenvalue weighted by Gasteiger charge is -2.37. The van der Waals surface area contributed by atoms with Crippen LogP contribution in [0.15, 0.2) is 12.4 Å². The average molecular weight is 253 g/mol. The minimum absolute atomic E-state index is 0.0229. The number of nitrogens with one attached hydrogen (secondary N) is 1. The molecule has 0 radical (unpaired) electrons. The Labute approximate surface area is 109 Å². The molecule has 5 nitrogen and oxygen atoms in total. The van der Waals surface area contributed by atoms with Gasteiger partial charge in [-0.15, -0.1) is 0 Å². The zero-order chi connectivity index (χ0) is 13.5. The van der Waals surface area contributed by atoms with Gasteiger partial charge < -0.3 is 19.9 Å². The molecule has 1 unspecified atom stereocenters. The van der Waals surface area contributed by atoms with Crippen molar-refractivity contribution in [3.8, 4) is 0 Å². The number of ether oxygens (including phenoxy) is 1. The Hall–Kier alpha value is -1.23. The summed E-state index contributed by atoms with van der Waals surface area (Å²) in [6.45, 7) is 13.2. The van der Waals surface area contributed by atoms with Crippen molar-refractivity contribution in [3.63, 3.8) is 0 Å². The molecule has 0 saturated carbocycles. The summed E-state index contributed by atoms with van der Waals surface area (Å²) in [5, 5.41) is 3.25. The van der Waals surface area contributed by atoms with E-state index in [9.17, 15) is 4.79 Å². The van der Waals surface area contributed by atoms with Crippen molar-refractivity contribution in [3.05, 3.63) is 12.4 Å². The second-order valence-corrected chi connectivity index (χ2v) is 5.91. The molecule has 2 atom stereocenters. The van der Waals surface area contributed by atoms with Crippen LogP contribution < -0.4 is 5.32 Å². The molecule has 1 N–H and O–H groups in total. The van der Waals surface area contributed by atoms with Crippen molar-refractivity contribution in [2.75, 3.05) is 26.7 Å². The largest absolute Gasteiger partial charge is 0.468 e. The van der Waals surface area contributed by atoms with Crippen molar-refractivity contribution in [1.82, 2.24) is 15.1 Å². The van der Waals surface area contributed by atoms with Crippen molar-refractivity contribution in [2.24, 2.45) is 0 Å². The van der Waals surface area contributed by atoms with Crippen molar-refractivity contribution in [1.29, 1.82) is 0 Å². The molecule has 2 aliphatic rings. The van der Waals surface area contributed by atoms with Gasteiger partial charge in [0, 0.05) is 25.2 Å². The molecule has 2 rings (SSSR count). The van der Waals surface area contributed by atoms with Crippen LogP contribution in [0.1, 0.15) is 20.8 Å². The first kappa shape index (κ1) is 13.2. The minimum atomic E-state index is -0.257. The first-order valence-corrected chi connectivity index (χ1v) is 6.40. The topological polar surface area (TPSA) is 44.8 Å². The van der Waals surface area contributed by atoms with Crippen LogP contribution in [0.4, 0.5) is 0 Å². The summed E-state index contributed by atoms with van der Waals surface area (Å²) in [7, 11) is 1.44. The fourth-order valence-electron chi connectivity index (χ4n) is 2.82. The molecule has 2 fully saturated rings. The Balaban J connectivity index is 2.21. The fraction of sp³-hybridized carbons (Fsp3) is 0.769. The smallest absolute Gasteiger partial charge is 0.325 e. The Morgan fingerprint density at radius 1 is 1.50 bits per heavy atom. The van der Waals surface area contributed by atoms with Crippen LogP contribution in [0, 0.1) is 0 Å². The van der Waals surface area contributed by atoms with Gasteiger partial charge in [0.25, 0.3) is 0 Å². The lowest BCUT2D eigenvalue weighted by atomic mass is 10.0. The SMILES string of the molecule is C=C1N2CCNC(C(=O)OC)[C@@H]2CN1C(C)(C)C. The van der Waals surface area contributed by atoms with E-state index < -0.39 is 0 Å². The van der Waals surface area contributed by atoms with Crippen LogP contribution in [0.2, 0.25) is 0 Å². The number of carbonyl (C=O) groups excluding carboxylic acids is 1. The van der Waals surface area contributed by atoms with Crippen LogP contribution in [0.5, 0.6) is 0 Å². The Kier molecular flexibility index (Phi) is 3.27. The van der Waals surface area contributed by atoms with Gasteiger partial charge in [0.1, 0.15) is 6.04 Å². The molecule has 18 heavy (non-hydrogen) atoms. The van der Waals surface area contributed by atoms with Gasteiger partial charge in [-0.3, -0.25) is 4.79 Å². The third-order valence-corrected chi connectivity index (χ3v) is 3.78. The number of fused-ring (bicyclic) bond motifs is 1. The molecule has 2 heterocycles. The third-order valence-electron chi connectivity index (χ3n) is 3.78. The zero-order valence-corrected chi connectivity index (χ0v) is 11.7. The van der Waals surface area contributed by atoms with Crippen molar-refractivity contribution < 1.29 is 9.53 Å². The Morgan fingerprint density at radius 3 is 2.72 bits per heavy atom. The van der Waals surface area contributed by atoms with E-state index in [1.165, 1.54) is 7.11 Å². The van der Waals surface area contributed by atoms with Crippen LogP contribution in [-0.2, 0) is 9.53 Å². The lowest BCUT2D eigenvalue weighted by molar-refractivity contribution is -0.145.